The van der Waals surface area contributed by atoms with Crippen molar-refractivity contribution in [3.63, 3.8) is 0 Å². The molecule has 1 N–H and O–H groups in total. The second kappa shape index (κ2) is 5.81. The third kappa shape index (κ3) is 3.19. The molecule has 0 saturated heterocycles. The number of ketones is 2. The van der Waals surface area contributed by atoms with Crippen LogP contribution in [-0.4, -0.2) is 29.0 Å². The predicted octanol–water partition coefficient (Wildman–Crippen LogP) is 4.02. The highest BCUT2D eigenvalue weighted by atomic mass is 19.4. The number of aliphatic hydroxyl groups excluding tert-OH is 1. The van der Waals surface area contributed by atoms with E-state index in [-0.39, 0.29) is 23.3 Å². The number of rotatable bonds is 2. The highest BCUT2D eigenvalue weighted by Gasteiger charge is 2.55. The molecule has 24 heavy (non-hydrogen) atoms. The van der Waals surface area contributed by atoms with Gasteiger partial charge in [0.05, 0.1) is 5.57 Å². The normalized spacial score (nSPS) is 16.3. The summed E-state index contributed by atoms with van der Waals surface area (Å²) < 4.78 is 74.9. The van der Waals surface area contributed by atoms with Crippen LogP contribution in [-0.2, 0) is 4.79 Å². The van der Waals surface area contributed by atoms with Crippen LogP contribution < -0.4 is 0 Å². The minimum atomic E-state index is -5.63. The van der Waals surface area contributed by atoms with E-state index in [1.165, 1.54) is 24.3 Å². The summed E-state index contributed by atoms with van der Waals surface area (Å²) in [5, 5.41) is 9.92. The third-order valence-corrected chi connectivity index (χ3v) is 3.29. The molecule has 1 aliphatic carbocycles. The van der Waals surface area contributed by atoms with Crippen LogP contribution in [0.2, 0.25) is 0 Å². The number of fused-ring (bicyclic) bond motifs is 1. The van der Waals surface area contributed by atoms with E-state index in [4.69, 9.17) is 0 Å². The lowest BCUT2D eigenvalue weighted by molar-refractivity contribution is -0.267. The Morgan fingerprint density at radius 3 is 1.88 bits per heavy atom. The summed E-state index contributed by atoms with van der Waals surface area (Å²) in [4.78, 5) is 23.7. The van der Waals surface area contributed by atoms with Gasteiger partial charge in [-0.25, -0.2) is 0 Å². The molecule has 9 heteroatoms. The molecule has 0 atom stereocenters. The molecule has 3 nitrogen and oxygen atoms in total. The molecule has 0 bridgehead atoms. The Hall–Kier alpha value is -2.58. The Labute approximate surface area is 130 Å². The average molecular weight is 350 g/mol. The molecule has 0 spiro atoms. The lowest BCUT2D eigenvalue weighted by atomic mass is 9.88. The molecule has 0 heterocycles. The molecule has 1 aromatic carbocycles. The van der Waals surface area contributed by atoms with Crippen LogP contribution in [0.25, 0.3) is 5.76 Å². The number of allylic oxidation sites excluding steroid dienone is 3. The van der Waals surface area contributed by atoms with Crippen LogP contribution in [0.15, 0.2) is 42.0 Å². The van der Waals surface area contributed by atoms with Gasteiger partial charge in [-0.3, -0.25) is 9.59 Å². The van der Waals surface area contributed by atoms with E-state index < -0.39 is 41.2 Å². The van der Waals surface area contributed by atoms with E-state index in [0.29, 0.717) is 0 Å². The smallest absolute Gasteiger partial charge is 0.403 e. The van der Waals surface area contributed by atoms with Crippen LogP contribution in [0, 0.1) is 5.92 Å². The van der Waals surface area contributed by atoms with Crippen molar-refractivity contribution in [1.29, 1.82) is 0 Å². The van der Waals surface area contributed by atoms with Gasteiger partial charge in [0.15, 0.2) is 5.92 Å². The zero-order valence-electron chi connectivity index (χ0n) is 11.6. The van der Waals surface area contributed by atoms with Crippen molar-refractivity contribution in [2.24, 2.45) is 5.92 Å². The van der Waals surface area contributed by atoms with Gasteiger partial charge < -0.3 is 5.11 Å². The summed E-state index contributed by atoms with van der Waals surface area (Å²) in [5.41, 5.74) is -1.24. The number of carbonyl (C=O) groups is 2. The number of aliphatic hydroxyl groups is 1. The van der Waals surface area contributed by atoms with Crippen LogP contribution >= 0.6 is 0 Å². The first-order valence-electron chi connectivity index (χ1n) is 6.38. The number of alkyl halides is 6. The zero-order chi connectivity index (χ0) is 18.3. The van der Waals surface area contributed by atoms with E-state index in [1.54, 1.807) is 0 Å². The Balaban J connectivity index is 2.52. The summed E-state index contributed by atoms with van der Waals surface area (Å²) in [6.45, 7) is 0. The van der Waals surface area contributed by atoms with Crippen LogP contribution in [0.4, 0.5) is 26.3 Å². The summed E-state index contributed by atoms with van der Waals surface area (Å²) in [7, 11) is 0. The van der Waals surface area contributed by atoms with Gasteiger partial charge in [-0.15, -0.1) is 0 Å². The van der Waals surface area contributed by atoms with Crippen LogP contribution in [0.5, 0.6) is 0 Å². The molecule has 2 rings (SSSR count). The first kappa shape index (κ1) is 17.8. The molecule has 0 unspecified atom stereocenters. The van der Waals surface area contributed by atoms with Crippen molar-refractivity contribution in [1.82, 2.24) is 0 Å². The molecule has 1 aromatic rings. The third-order valence-electron chi connectivity index (χ3n) is 3.29. The molecular weight excluding hydrogens is 342 g/mol. The van der Waals surface area contributed by atoms with Crippen LogP contribution in [0.3, 0.4) is 0 Å². The minimum absolute atomic E-state index is 0.141. The molecule has 0 fully saturated rings. The van der Waals surface area contributed by atoms with Gasteiger partial charge in [0.25, 0.3) is 0 Å². The van der Waals surface area contributed by atoms with Gasteiger partial charge >= 0.3 is 12.4 Å². The fourth-order valence-electron chi connectivity index (χ4n) is 2.14. The van der Waals surface area contributed by atoms with Gasteiger partial charge in [-0.05, 0) is 0 Å². The maximum atomic E-state index is 12.5. The van der Waals surface area contributed by atoms with Gasteiger partial charge in [0, 0.05) is 11.1 Å². The first-order chi connectivity index (χ1) is 10.9. The highest BCUT2D eigenvalue weighted by molar-refractivity contribution is 6.52. The monoisotopic (exact) mass is 350 g/mol. The van der Waals surface area contributed by atoms with Crippen LogP contribution in [0.1, 0.15) is 15.9 Å². The Kier molecular flexibility index (Phi) is 4.30. The van der Waals surface area contributed by atoms with E-state index in [2.05, 4.69) is 0 Å². The van der Waals surface area contributed by atoms with Gasteiger partial charge in [-0.2, -0.15) is 26.3 Å². The predicted molar refractivity (Wildman–Crippen MR) is 70.1 cm³/mol. The zero-order valence-corrected chi connectivity index (χ0v) is 11.6. The molecule has 128 valence electrons. The molecule has 0 amide bonds. The van der Waals surface area contributed by atoms with E-state index in [9.17, 15) is 41.0 Å². The van der Waals surface area contributed by atoms with Crippen molar-refractivity contribution < 1.29 is 41.0 Å². The van der Waals surface area contributed by atoms with Crippen molar-refractivity contribution in [2.45, 2.75) is 12.4 Å². The van der Waals surface area contributed by atoms with Crippen molar-refractivity contribution in [3.05, 3.63) is 53.1 Å². The van der Waals surface area contributed by atoms with E-state index >= 15 is 0 Å². The quantitative estimate of drug-likeness (QED) is 0.648. The lowest BCUT2D eigenvalue weighted by Crippen LogP contribution is -2.35. The highest BCUT2D eigenvalue weighted by Crippen LogP contribution is 2.40. The summed E-state index contributed by atoms with van der Waals surface area (Å²) >= 11 is 0. The second-order valence-corrected chi connectivity index (χ2v) is 4.89. The summed E-state index contributed by atoms with van der Waals surface area (Å²) in [6, 6.07) is 5.20. The Bertz CT molecular complexity index is 741. The van der Waals surface area contributed by atoms with Gasteiger partial charge in [0.1, 0.15) is 5.76 Å². The van der Waals surface area contributed by atoms with E-state index in [1.807, 2.05) is 0 Å². The number of carbonyl (C=O) groups excluding carboxylic acids is 2. The maximum absolute atomic E-state index is 12.5. The van der Waals surface area contributed by atoms with Crippen molar-refractivity contribution in [3.8, 4) is 0 Å². The number of halogens is 6. The Morgan fingerprint density at radius 1 is 0.875 bits per heavy atom. The number of benzene rings is 1. The number of Topliss-reactive ketones (excluding diaryl/α,β-unsaturated/α-hetero) is 2. The molecule has 0 aliphatic heterocycles. The Morgan fingerprint density at radius 2 is 1.38 bits per heavy atom. The molecule has 0 saturated carbocycles. The average Bonchev–Trinajstić information content (AvgIpc) is 2.46. The second-order valence-electron chi connectivity index (χ2n) is 4.89. The number of hydrogen-bond acceptors (Lipinski definition) is 3. The SMILES string of the molecule is O=C1C(=O)c2ccccc2C(O)=C1/C=C\C(C(F)(F)F)C(F)(F)F. The first-order valence-corrected chi connectivity index (χ1v) is 6.38. The van der Waals surface area contributed by atoms with Gasteiger partial charge in [0.2, 0.25) is 11.6 Å². The molecule has 0 aromatic heterocycles. The van der Waals surface area contributed by atoms with Crippen molar-refractivity contribution >= 4 is 17.3 Å². The molecule has 1 aliphatic rings. The lowest BCUT2D eigenvalue weighted by Gasteiger charge is -2.20. The standard InChI is InChI=1S/C15H8F6O3/c16-14(17,18)10(15(19,20)21)6-5-9-11(22)7-3-1-2-4-8(7)12(23)13(9)24/h1-6,10,22H/b6-5-. The van der Waals surface area contributed by atoms with Crippen molar-refractivity contribution in [2.75, 3.05) is 0 Å². The number of hydrogen-bond donors (Lipinski definition) is 1. The fourth-order valence-corrected chi connectivity index (χ4v) is 2.14. The topological polar surface area (TPSA) is 54.4 Å². The minimum Gasteiger partial charge on any atom is -0.507 e. The maximum Gasteiger partial charge on any atom is 0.403 e. The molecular formula is C15H8F6O3. The summed E-state index contributed by atoms with van der Waals surface area (Å²) in [6.07, 6.45) is -11.4. The largest absolute Gasteiger partial charge is 0.507 e. The fraction of sp³-hybridized carbons (Fsp3) is 0.200. The molecule has 0 radical (unpaired) electrons. The van der Waals surface area contributed by atoms with Gasteiger partial charge in [-0.1, -0.05) is 36.4 Å². The summed E-state index contributed by atoms with van der Waals surface area (Å²) in [5.74, 6) is -7.19. The van der Waals surface area contributed by atoms with E-state index in [0.717, 1.165) is 0 Å².